The van der Waals surface area contributed by atoms with Crippen molar-refractivity contribution in [2.75, 3.05) is 0 Å². The van der Waals surface area contributed by atoms with Crippen LogP contribution in [0.3, 0.4) is 0 Å². The summed E-state index contributed by atoms with van der Waals surface area (Å²) in [6.07, 6.45) is 0. The smallest absolute Gasteiger partial charge is 0.347 e. The Morgan fingerprint density at radius 3 is 2.00 bits per heavy atom. The summed E-state index contributed by atoms with van der Waals surface area (Å²) in [6, 6.07) is 16.2. The van der Waals surface area contributed by atoms with Gasteiger partial charge in [-0.3, -0.25) is 9.59 Å². The average Bonchev–Trinajstić information content (AvgIpc) is 2.71. The maximum atomic E-state index is 12.9. The number of phenols is 1. The summed E-state index contributed by atoms with van der Waals surface area (Å²) in [5.74, 6) is -1.90. The van der Waals surface area contributed by atoms with Gasteiger partial charge in [-0.05, 0) is 35.2 Å². The van der Waals surface area contributed by atoms with E-state index in [0.29, 0.717) is 5.75 Å². The summed E-state index contributed by atoms with van der Waals surface area (Å²) in [7, 11) is 0. The van der Waals surface area contributed by atoms with Gasteiger partial charge in [0.2, 0.25) is 0 Å². The summed E-state index contributed by atoms with van der Waals surface area (Å²) in [5.41, 5.74) is 1.26. The highest BCUT2D eigenvalue weighted by Gasteiger charge is 2.34. The minimum absolute atomic E-state index is 0.0392. The quantitative estimate of drug-likeness (QED) is 0.390. The van der Waals surface area contributed by atoms with E-state index >= 15 is 0 Å². The van der Waals surface area contributed by atoms with Gasteiger partial charge in [-0.15, -0.1) is 0 Å². The summed E-state index contributed by atoms with van der Waals surface area (Å²) >= 11 is 0. The van der Waals surface area contributed by atoms with Crippen LogP contribution in [0, 0.1) is 0 Å². The molecule has 1 aliphatic rings. The van der Waals surface area contributed by atoms with E-state index in [-0.39, 0.29) is 39.0 Å². The van der Waals surface area contributed by atoms with Crippen molar-refractivity contribution < 1.29 is 24.2 Å². The van der Waals surface area contributed by atoms with E-state index in [0.717, 1.165) is 5.56 Å². The van der Waals surface area contributed by atoms with Crippen LogP contribution in [-0.2, 0) is 5.41 Å². The lowest BCUT2D eigenvalue weighted by Crippen LogP contribution is -2.22. The molecular weight excluding hydrogens is 380 g/mol. The molecule has 3 aromatic rings. The minimum atomic E-state index is -0.807. The van der Waals surface area contributed by atoms with Crippen LogP contribution < -0.4 is 4.74 Å². The highest BCUT2D eigenvalue weighted by atomic mass is 16.5. The fourth-order valence-corrected chi connectivity index (χ4v) is 3.52. The van der Waals surface area contributed by atoms with E-state index in [4.69, 9.17) is 4.74 Å². The molecule has 0 atom stereocenters. The van der Waals surface area contributed by atoms with Crippen molar-refractivity contribution in [3.8, 4) is 11.5 Å². The number of fused-ring (bicyclic) bond motifs is 2. The average molecular weight is 400 g/mol. The Balaban J connectivity index is 1.67. The van der Waals surface area contributed by atoms with Crippen molar-refractivity contribution in [3.63, 3.8) is 0 Å². The molecule has 1 aliphatic carbocycles. The molecule has 150 valence electrons. The van der Waals surface area contributed by atoms with Crippen LogP contribution in [0.5, 0.6) is 11.5 Å². The number of phenolic OH excluding ortho intramolecular Hbond substituents is 1. The van der Waals surface area contributed by atoms with Gasteiger partial charge in [0.1, 0.15) is 17.1 Å². The Labute approximate surface area is 173 Å². The van der Waals surface area contributed by atoms with Crippen molar-refractivity contribution in [1.29, 1.82) is 0 Å². The number of carbonyl (C=O) groups is 3. The van der Waals surface area contributed by atoms with Crippen LogP contribution in [0.1, 0.15) is 68.5 Å². The monoisotopic (exact) mass is 400 g/mol. The molecule has 4 rings (SSSR count). The van der Waals surface area contributed by atoms with Gasteiger partial charge in [-0.2, -0.15) is 0 Å². The van der Waals surface area contributed by atoms with Gasteiger partial charge in [0.15, 0.2) is 11.6 Å². The predicted molar refractivity (Wildman–Crippen MR) is 112 cm³/mol. The first kappa shape index (κ1) is 19.6. The van der Waals surface area contributed by atoms with E-state index in [1.165, 1.54) is 18.2 Å². The lowest BCUT2D eigenvalue weighted by molar-refractivity contribution is 0.0731. The zero-order valence-corrected chi connectivity index (χ0v) is 16.9. The Bertz CT molecular complexity index is 1200. The lowest BCUT2D eigenvalue weighted by atomic mass is 9.82. The largest absolute Gasteiger partial charge is 0.506 e. The molecule has 5 nitrogen and oxygen atoms in total. The van der Waals surface area contributed by atoms with Crippen LogP contribution in [0.2, 0.25) is 0 Å². The second-order valence-corrected chi connectivity index (χ2v) is 8.25. The molecule has 5 heteroatoms. The molecule has 0 saturated carbocycles. The minimum Gasteiger partial charge on any atom is -0.506 e. The summed E-state index contributed by atoms with van der Waals surface area (Å²) in [4.78, 5) is 38.2. The molecule has 0 aliphatic heterocycles. The van der Waals surface area contributed by atoms with Crippen molar-refractivity contribution in [3.05, 3.63) is 94.0 Å². The summed E-state index contributed by atoms with van der Waals surface area (Å²) in [5, 5.41) is 10.7. The van der Waals surface area contributed by atoms with Gasteiger partial charge in [-0.1, -0.05) is 57.2 Å². The van der Waals surface area contributed by atoms with Crippen LogP contribution in [-0.4, -0.2) is 22.6 Å². The number of aromatic hydroxyl groups is 1. The lowest BCUT2D eigenvalue weighted by Gasteiger charge is -2.20. The first-order valence-corrected chi connectivity index (χ1v) is 9.55. The van der Waals surface area contributed by atoms with Gasteiger partial charge in [0, 0.05) is 16.7 Å². The normalized spacial score (nSPS) is 12.9. The third-order valence-corrected chi connectivity index (χ3v) is 5.22. The zero-order valence-electron chi connectivity index (χ0n) is 16.9. The number of rotatable bonds is 2. The van der Waals surface area contributed by atoms with Crippen LogP contribution >= 0.6 is 0 Å². The predicted octanol–water partition coefficient (Wildman–Crippen LogP) is 4.68. The molecule has 0 aromatic heterocycles. The standard InChI is InChI=1S/C25H20O5/c1-25(2,3)14-8-10-15(11-9-14)30-24(29)19-13-12-18-20(23(19)28)22(27)17-7-5-4-6-16(17)21(18)26/h4-13,28H,1-3H3. The van der Waals surface area contributed by atoms with Crippen LogP contribution in [0.4, 0.5) is 0 Å². The second-order valence-electron chi connectivity index (χ2n) is 8.25. The van der Waals surface area contributed by atoms with Crippen LogP contribution in [0.25, 0.3) is 0 Å². The maximum absolute atomic E-state index is 12.9. The zero-order chi connectivity index (χ0) is 21.6. The Morgan fingerprint density at radius 1 is 0.800 bits per heavy atom. The molecule has 0 saturated heterocycles. The van der Waals surface area contributed by atoms with Gasteiger partial charge in [0.25, 0.3) is 0 Å². The van der Waals surface area contributed by atoms with Gasteiger partial charge in [-0.25, -0.2) is 4.79 Å². The maximum Gasteiger partial charge on any atom is 0.347 e. The SMILES string of the molecule is CC(C)(C)c1ccc(OC(=O)c2ccc3c(c2O)C(=O)c2ccccc2C3=O)cc1. The third-order valence-electron chi connectivity index (χ3n) is 5.22. The second kappa shape index (κ2) is 6.95. The molecule has 0 unspecified atom stereocenters. The van der Waals surface area contributed by atoms with E-state index in [1.54, 1.807) is 30.3 Å². The van der Waals surface area contributed by atoms with E-state index in [9.17, 15) is 19.5 Å². The molecular formula is C25H20O5. The summed E-state index contributed by atoms with van der Waals surface area (Å²) in [6.45, 7) is 6.24. The molecule has 3 aromatic carbocycles. The van der Waals surface area contributed by atoms with E-state index < -0.39 is 17.5 Å². The highest BCUT2D eigenvalue weighted by Crippen LogP contribution is 2.35. The fraction of sp³-hybridized carbons (Fsp3) is 0.160. The molecule has 0 heterocycles. The van der Waals surface area contributed by atoms with Crippen molar-refractivity contribution in [1.82, 2.24) is 0 Å². The number of carbonyl (C=O) groups excluding carboxylic acids is 3. The molecule has 0 fully saturated rings. The summed E-state index contributed by atoms with van der Waals surface area (Å²) < 4.78 is 5.38. The van der Waals surface area contributed by atoms with Crippen molar-refractivity contribution >= 4 is 17.5 Å². The first-order chi connectivity index (χ1) is 14.2. The molecule has 30 heavy (non-hydrogen) atoms. The Morgan fingerprint density at radius 2 is 1.40 bits per heavy atom. The number of ketones is 2. The molecule has 0 spiro atoms. The van der Waals surface area contributed by atoms with E-state index in [1.807, 2.05) is 12.1 Å². The highest BCUT2D eigenvalue weighted by molar-refractivity contribution is 6.29. The first-order valence-electron chi connectivity index (χ1n) is 9.55. The van der Waals surface area contributed by atoms with Crippen molar-refractivity contribution in [2.24, 2.45) is 0 Å². The molecule has 0 amide bonds. The number of esters is 1. The van der Waals surface area contributed by atoms with E-state index in [2.05, 4.69) is 20.8 Å². The Kier molecular flexibility index (Phi) is 4.54. The fourth-order valence-electron chi connectivity index (χ4n) is 3.52. The number of hydrogen-bond donors (Lipinski definition) is 1. The number of hydrogen-bond acceptors (Lipinski definition) is 5. The molecule has 0 radical (unpaired) electrons. The molecule has 0 bridgehead atoms. The Hall–Kier alpha value is -3.73. The van der Waals surface area contributed by atoms with Crippen LogP contribution in [0.15, 0.2) is 60.7 Å². The van der Waals surface area contributed by atoms with Gasteiger partial charge < -0.3 is 9.84 Å². The number of benzene rings is 3. The van der Waals surface area contributed by atoms with Gasteiger partial charge >= 0.3 is 5.97 Å². The molecule has 1 N–H and O–H groups in total. The van der Waals surface area contributed by atoms with Crippen molar-refractivity contribution in [2.45, 2.75) is 26.2 Å². The number of ether oxygens (including phenoxy) is 1. The topological polar surface area (TPSA) is 80.7 Å². The van der Waals surface area contributed by atoms with Gasteiger partial charge in [0.05, 0.1) is 5.56 Å². The third kappa shape index (κ3) is 3.18.